The topological polar surface area (TPSA) is 25.4 Å². The molecule has 1 fully saturated rings. The summed E-state index contributed by atoms with van der Waals surface area (Å²) in [5, 5.41) is 0. The molecule has 1 aromatic carbocycles. The van der Waals surface area contributed by atoms with Gasteiger partial charge in [-0.15, -0.1) is 0 Å². The Kier molecular flexibility index (Phi) is 3.54. The first kappa shape index (κ1) is 12.9. The van der Waals surface area contributed by atoms with Crippen LogP contribution in [0.25, 0.3) is 0 Å². The normalized spacial score (nSPS) is 18.3. The van der Waals surface area contributed by atoms with Crippen LogP contribution in [0.1, 0.15) is 24.4 Å². The van der Waals surface area contributed by atoms with Crippen molar-refractivity contribution in [2.24, 2.45) is 0 Å². The Morgan fingerprint density at radius 2 is 2.10 bits per heavy atom. The van der Waals surface area contributed by atoms with Crippen molar-refractivity contribution in [3.05, 3.63) is 54.0 Å². The predicted molar refractivity (Wildman–Crippen MR) is 76.5 cm³/mol. The smallest absolute Gasteiger partial charge is 0.214 e. The summed E-state index contributed by atoms with van der Waals surface area (Å²) >= 11 is 0. The minimum atomic E-state index is -0.432. The molecule has 0 radical (unpaired) electrons. The maximum atomic E-state index is 13.3. The highest BCUT2D eigenvalue weighted by molar-refractivity contribution is 5.45. The van der Waals surface area contributed by atoms with Crippen LogP contribution in [0.5, 0.6) is 5.75 Å². The lowest BCUT2D eigenvalue weighted by Crippen LogP contribution is -2.23. The van der Waals surface area contributed by atoms with E-state index >= 15 is 0 Å². The Labute approximate surface area is 118 Å². The minimum absolute atomic E-state index is 0.236. The molecule has 0 amide bonds. The van der Waals surface area contributed by atoms with Crippen molar-refractivity contribution in [2.45, 2.75) is 18.9 Å². The molecule has 104 valence electrons. The standard InChI is InChI=1S/C16H17FN2O/c1-20-13-6-2-5-12(11-13)14-7-4-10-19(14)16-9-3-8-15(17)18-16/h2-3,5-6,8-9,11,14H,4,7,10H2,1H3. The molecule has 0 N–H and O–H groups in total. The fourth-order valence-corrected chi connectivity index (χ4v) is 2.79. The van der Waals surface area contributed by atoms with Crippen LogP contribution in [0, 0.1) is 5.95 Å². The number of ether oxygens (including phenoxy) is 1. The number of hydrogen-bond acceptors (Lipinski definition) is 3. The molecule has 20 heavy (non-hydrogen) atoms. The Morgan fingerprint density at radius 1 is 1.25 bits per heavy atom. The van der Waals surface area contributed by atoms with Gasteiger partial charge < -0.3 is 9.64 Å². The maximum absolute atomic E-state index is 13.3. The molecule has 1 aliphatic rings. The minimum Gasteiger partial charge on any atom is -0.497 e. The van der Waals surface area contributed by atoms with Gasteiger partial charge in [0.2, 0.25) is 5.95 Å². The van der Waals surface area contributed by atoms with Crippen LogP contribution in [-0.4, -0.2) is 18.6 Å². The molecule has 0 spiro atoms. The van der Waals surface area contributed by atoms with Gasteiger partial charge in [-0.25, -0.2) is 4.98 Å². The van der Waals surface area contributed by atoms with Crippen LogP contribution in [0.15, 0.2) is 42.5 Å². The lowest BCUT2D eigenvalue weighted by molar-refractivity contribution is 0.414. The molecule has 0 aliphatic carbocycles. The van der Waals surface area contributed by atoms with Gasteiger partial charge >= 0.3 is 0 Å². The summed E-state index contributed by atoms with van der Waals surface area (Å²) in [4.78, 5) is 6.17. The molecular weight excluding hydrogens is 255 g/mol. The molecule has 3 rings (SSSR count). The SMILES string of the molecule is COc1cccc(C2CCCN2c2cccc(F)n2)c1. The van der Waals surface area contributed by atoms with Crippen LogP contribution >= 0.6 is 0 Å². The van der Waals surface area contributed by atoms with Crippen LogP contribution in [-0.2, 0) is 0 Å². The third-order valence-electron chi connectivity index (χ3n) is 3.73. The van der Waals surface area contributed by atoms with Gasteiger partial charge in [-0.3, -0.25) is 0 Å². The number of pyridine rings is 1. The number of benzene rings is 1. The fraction of sp³-hybridized carbons (Fsp3) is 0.312. The average molecular weight is 272 g/mol. The number of anilines is 1. The largest absolute Gasteiger partial charge is 0.497 e. The Bertz CT molecular complexity index is 603. The van der Waals surface area contributed by atoms with Gasteiger partial charge in [-0.2, -0.15) is 4.39 Å². The zero-order valence-electron chi connectivity index (χ0n) is 11.4. The van der Waals surface area contributed by atoms with Crippen molar-refractivity contribution in [3.63, 3.8) is 0 Å². The molecule has 3 nitrogen and oxygen atoms in total. The third kappa shape index (κ3) is 2.46. The summed E-state index contributed by atoms with van der Waals surface area (Å²) in [7, 11) is 1.67. The second kappa shape index (κ2) is 5.49. The van der Waals surface area contributed by atoms with Crippen LogP contribution < -0.4 is 9.64 Å². The van der Waals surface area contributed by atoms with E-state index in [-0.39, 0.29) is 6.04 Å². The van der Waals surface area contributed by atoms with Crippen molar-refractivity contribution >= 4 is 5.82 Å². The second-order valence-corrected chi connectivity index (χ2v) is 4.95. The van der Waals surface area contributed by atoms with Gasteiger partial charge in [0.25, 0.3) is 0 Å². The molecule has 0 bridgehead atoms. The summed E-state index contributed by atoms with van der Waals surface area (Å²) in [6, 6.07) is 13.2. The Morgan fingerprint density at radius 3 is 2.90 bits per heavy atom. The Balaban J connectivity index is 1.92. The molecule has 0 saturated carbocycles. The molecular formula is C16H17FN2O. The molecule has 1 aliphatic heterocycles. The third-order valence-corrected chi connectivity index (χ3v) is 3.73. The van der Waals surface area contributed by atoms with Gasteiger partial charge in [0.1, 0.15) is 11.6 Å². The zero-order valence-corrected chi connectivity index (χ0v) is 11.4. The summed E-state index contributed by atoms with van der Waals surface area (Å²) in [5.74, 6) is 1.12. The van der Waals surface area contributed by atoms with E-state index in [9.17, 15) is 4.39 Å². The van der Waals surface area contributed by atoms with E-state index in [1.807, 2.05) is 24.3 Å². The molecule has 2 aromatic rings. The van der Waals surface area contributed by atoms with Gasteiger partial charge in [-0.1, -0.05) is 18.2 Å². The summed E-state index contributed by atoms with van der Waals surface area (Å²) in [6.07, 6.45) is 2.13. The average Bonchev–Trinajstić information content (AvgIpc) is 2.97. The lowest BCUT2D eigenvalue weighted by atomic mass is 10.0. The summed E-state index contributed by atoms with van der Waals surface area (Å²) in [6.45, 7) is 0.901. The highest BCUT2D eigenvalue weighted by atomic mass is 19.1. The van der Waals surface area contributed by atoms with Gasteiger partial charge in [0.15, 0.2) is 0 Å². The molecule has 1 saturated heterocycles. The van der Waals surface area contributed by atoms with E-state index in [2.05, 4.69) is 16.0 Å². The van der Waals surface area contributed by atoms with E-state index in [1.54, 1.807) is 13.2 Å². The van der Waals surface area contributed by atoms with Crippen molar-refractivity contribution < 1.29 is 9.13 Å². The first-order valence-electron chi connectivity index (χ1n) is 6.81. The summed E-state index contributed by atoms with van der Waals surface area (Å²) < 4.78 is 18.6. The highest BCUT2D eigenvalue weighted by Gasteiger charge is 2.27. The number of rotatable bonds is 3. The Hall–Kier alpha value is -2.10. The zero-order chi connectivity index (χ0) is 13.9. The van der Waals surface area contributed by atoms with Crippen LogP contribution in [0.2, 0.25) is 0 Å². The van der Waals surface area contributed by atoms with E-state index in [0.29, 0.717) is 5.82 Å². The number of halogens is 1. The number of nitrogens with zero attached hydrogens (tertiary/aromatic N) is 2. The van der Waals surface area contributed by atoms with Crippen molar-refractivity contribution in [1.29, 1.82) is 0 Å². The molecule has 2 heterocycles. The lowest BCUT2D eigenvalue weighted by Gasteiger charge is -2.26. The first-order chi connectivity index (χ1) is 9.78. The quantitative estimate of drug-likeness (QED) is 0.799. The van der Waals surface area contributed by atoms with E-state index in [4.69, 9.17) is 4.74 Å². The highest BCUT2D eigenvalue weighted by Crippen LogP contribution is 2.36. The number of aromatic nitrogens is 1. The van der Waals surface area contributed by atoms with Gasteiger partial charge in [-0.05, 0) is 42.7 Å². The van der Waals surface area contributed by atoms with Crippen molar-refractivity contribution in [1.82, 2.24) is 4.98 Å². The number of hydrogen-bond donors (Lipinski definition) is 0. The monoisotopic (exact) mass is 272 g/mol. The van der Waals surface area contributed by atoms with Crippen LogP contribution in [0.3, 0.4) is 0 Å². The predicted octanol–water partition coefficient (Wildman–Crippen LogP) is 3.57. The van der Waals surface area contributed by atoms with Crippen LogP contribution in [0.4, 0.5) is 10.2 Å². The molecule has 1 unspecified atom stereocenters. The first-order valence-corrected chi connectivity index (χ1v) is 6.81. The summed E-state index contributed by atoms with van der Waals surface area (Å²) in [5.41, 5.74) is 1.19. The van der Waals surface area contributed by atoms with Crippen molar-refractivity contribution in [3.8, 4) is 5.75 Å². The van der Waals surface area contributed by atoms with Crippen molar-refractivity contribution in [2.75, 3.05) is 18.6 Å². The van der Waals surface area contributed by atoms with E-state index in [1.165, 1.54) is 11.6 Å². The molecule has 1 aromatic heterocycles. The second-order valence-electron chi connectivity index (χ2n) is 4.95. The van der Waals surface area contributed by atoms with E-state index in [0.717, 1.165) is 25.1 Å². The maximum Gasteiger partial charge on any atom is 0.214 e. The van der Waals surface area contributed by atoms with Gasteiger partial charge in [0.05, 0.1) is 13.2 Å². The fourth-order valence-electron chi connectivity index (χ4n) is 2.79. The molecule has 4 heteroatoms. The van der Waals surface area contributed by atoms with Gasteiger partial charge in [0, 0.05) is 6.54 Å². The molecule has 1 atom stereocenters. The number of methoxy groups -OCH3 is 1. The van der Waals surface area contributed by atoms with E-state index < -0.39 is 5.95 Å².